The third kappa shape index (κ3) is 3.19. The van der Waals surface area contributed by atoms with Crippen molar-refractivity contribution in [1.29, 1.82) is 0 Å². The predicted octanol–water partition coefficient (Wildman–Crippen LogP) is 3.02. The second-order valence-electron chi connectivity index (χ2n) is 4.49. The molecule has 18 heavy (non-hydrogen) atoms. The normalized spacial score (nSPS) is 20.9. The second-order valence-corrected chi connectivity index (χ2v) is 5.56. The van der Waals surface area contributed by atoms with Gasteiger partial charge < -0.3 is 14.6 Å². The molecule has 1 unspecified atom stereocenters. The minimum absolute atomic E-state index is 0.350. The Labute approximate surface area is 112 Å². The highest BCUT2D eigenvalue weighted by Gasteiger charge is 2.19. The van der Waals surface area contributed by atoms with Crippen molar-refractivity contribution in [3.05, 3.63) is 23.8 Å². The van der Waals surface area contributed by atoms with Crippen LogP contribution in [0.15, 0.2) is 23.1 Å². The molecule has 100 valence electrons. The zero-order valence-corrected chi connectivity index (χ0v) is 11.7. The number of aliphatic hydroxyl groups is 1. The SMILES string of the molecule is COc1cccc(SCC2CCCO2)c1[C@@H](C)O. The van der Waals surface area contributed by atoms with Crippen LogP contribution in [-0.4, -0.2) is 30.7 Å². The molecule has 4 heteroatoms. The van der Waals surface area contributed by atoms with E-state index in [4.69, 9.17) is 9.47 Å². The molecule has 0 radical (unpaired) electrons. The first-order chi connectivity index (χ1) is 8.72. The fourth-order valence-electron chi connectivity index (χ4n) is 2.20. The smallest absolute Gasteiger partial charge is 0.125 e. The molecular weight excluding hydrogens is 248 g/mol. The van der Waals surface area contributed by atoms with E-state index in [0.717, 1.165) is 41.4 Å². The van der Waals surface area contributed by atoms with E-state index in [2.05, 4.69) is 0 Å². The Morgan fingerprint density at radius 1 is 1.56 bits per heavy atom. The van der Waals surface area contributed by atoms with Gasteiger partial charge in [-0.3, -0.25) is 0 Å². The summed E-state index contributed by atoms with van der Waals surface area (Å²) in [6.45, 7) is 2.65. The highest BCUT2D eigenvalue weighted by molar-refractivity contribution is 7.99. The van der Waals surface area contributed by atoms with Gasteiger partial charge >= 0.3 is 0 Å². The molecule has 0 aliphatic carbocycles. The number of ether oxygens (including phenoxy) is 2. The second kappa shape index (κ2) is 6.45. The molecule has 0 bridgehead atoms. The molecule has 2 rings (SSSR count). The van der Waals surface area contributed by atoms with Crippen molar-refractivity contribution in [3.8, 4) is 5.75 Å². The standard InChI is InChI=1S/C14H20O3S/c1-10(15)14-12(16-2)6-3-7-13(14)18-9-11-5-4-8-17-11/h3,6-7,10-11,15H,4-5,8-9H2,1-2H3/t10-,11?/m1/s1. The first kappa shape index (κ1) is 13.7. The van der Waals surface area contributed by atoms with E-state index in [1.165, 1.54) is 0 Å². The summed E-state index contributed by atoms with van der Waals surface area (Å²) >= 11 is 1.74. The average Bonchev–Trinajstić information content (AvgIpc) is 2.88. The lowest BCUT2D eigenvalue weighted by Gasteiger charge is -2.17. The number of methoxy groups -OCH3 is 1. The van der Waals surface area contributed by atoms with Gasteiger partial charge in [0, 0.05) is 22.8 Å². The molecule has 1 fully saturated rings. The van der Waals surface area contributed by atoms with E-state index in [1.807, 2.05) is 18.2 Å². The van der Waals surface area contributed by atoms with Crippen LogP contribution in [0.5, 0.6) is 5.75 Å². The molecule has 0 amide bonds. The van der Waals surface area contributed by atoms with Crippen LogP contribution in [0.2, 0.25) is 0 Å². The minimum atomic E-state index is -0.520. The van der Waals surface area contributed by atoms with Gasteiger partial charge in [0.05, 0.1) is 19.3 Å². The van der Waals surface area contributed by atoms with Gasteiger partial charge in [-0.15, -0.1) is 11.8 Å². The Kier molecular flexibility index (Phi) is 4.92. The zero-order chi connectivity index (χ0) is 13.0. The lowest BCUT2D eigenvalue weighted by molar-refractivity contribution is 0.129. The molecule has 2 atom stereocenters. The van der Waals surface area contributed by atoms with E-state index in [1.54, 1.807) is 25.8 Å². The Hall–Kier alpha value is -0.710. The van der Waals surface area contributed by atoms with Gasteiger partial charge in [0.15, 0.2) is 0 Å². The molecule has 1 saturated heterocycles. The summed E-state index contributed by atoms with van der Waals surface area (Å²) in [6.07, 6.45) is 2.13. The lowest BCUT2D eigenvalue weighted by atomic mass is 10.1. The number of hydrogen-bond donors (Lipinski definition) is 1. The van der Waals surface area contributed by atoms with Crippen LogP contribution in [-0.2, 0) is 4.74 Å². The number of rotatable bonds is 5. The maximum Gasteiger partial charge on any atom is 0.125 e. The third-order valence-corrected chi connectivity index (χ3v) is 4.32. The topological polar surface area (TPSA) is 38.7 Å². The molecule has 1 aromatic carbocycles. The molecule has 1 aliphatic rings. The summed E-state index contributed by atoms with van der Waals surface area (Å²) in [5.74, 6) is 1.69. The van der Waals surface area contributed by atoms with Crippen LogP contribution in [0.4, 0.5) is 0 Å². The maximum absolute atomic E-state index is 9.88. The number of benzene rings is 1. The average molecular weight is 268 g/mol. The first-order valence-corrected chi connectivity index (χ1v) is 7.30. The molecule has 0 aromatic heterocycles. The van der Waals surface area contributed by atoms with Gasteiger partial charge in [-0.1, -0.05) is 6.07 Å². The largest absolute Gasteiger partial charge is 0.496 e. The first-order valence-electron chi connectivity index (χ1n) is 6.31. The van der Waals surface area contributed by atoms with Crippen molar-refractivity contribution in [2.75, 3.05) is 19.5 Å². The Morgan fingerprint density at radius 2 is 2.39 bits per heavy atom. The molecule has 1 aromatic rings. The van der Waals surface area contributed by atoms with Gasteiger partial charge in [0.25, 0.3) is 0 Å². The van der Waals surface area contributed by atoms with Gasteiger partial charge in [0.1, 0.15) is 5.75 Å². The van der Waals surface area contributed by atoms with E-state index in [-0.39, 0.29) is 0 Å². The fraction of sp³-hybridized carbons (Fsp3) is 0.571. The molecule has 0 spiro atoms. The molecule has 3 nitrogen and oxygen atoms in total. The van der Waals surface area contributed by atoms with Crippen molar-refractivity contribution in [2.45, 2.75) is 36.9 Å². The quantitative estimate of drug-likeness (QED) is 0.833. The molecule has 1 N–H and O–H groups in total. The van der Waals surface area contributed by atoms with E-state index >= 15 is 0 Å². The summed E-state index contributed by atoms with van der Waals surface area (Å²) in [5.41, 5.74) is 0.878. The molecule has 1 heterocycles. The van der Waals surface area contributed by atoms with E-state index in [9.17, 15) is 5.11 Å². The Bertz CT molecular complexity index is 387. The van der Waals surface area contributed by atoms with Gasteiger partial charge in [-0.25, -0.2) is 0 Å². The maximum atomic E-state index is 9.88. The van der Waals surface area contributed by atoms with Crippen molar-refractivity contribution >= 4 is 11.8 Å². The number of hydrogen-bond acceptors (Lipinski definition) is 4. The lowest BCUT2D eigenvalue weighted by Crippen LogP contribution is -2.08. The van der Waals surface area contributed by atoms with Gasteiger partial charge in [-0.05, 0) is 31.9 Å². The van der Waals surface area contributed by atoms with Crippen molar-refractivity contribution in [3.63, 3.8) is 0 Å². The van der Waals surface area contributed by atoms with E-state index in [0.29, 0.717) is 6.10 Å². The highest BCUT2D eigenvalue weighted by Crippen LogP contribution is 2.35. The minimum Gasteiger partial charge on any atom is -0.496 e. The third-order valence-electron chi connectivity index (χ3n) is 3.11. The monoisotopic (exact) mass is 268 g/mol. The van der Waals surface area contributed by atoms with Crippen molar-refractivity contribution in [2.24, 2.45) is 0 Å². The Balaban J connectivity index is 2.10. The van der Waals surface area contributed by atoms with Crippen LogP contribution in [0.1, 0.15) is 31.4 Å². The van der Waals surface area contributed by atoms with Crippen LogP contribution >= 0.6 is 11.8 Å². The zero-order valence-electron chi connectivity index (χ0n) is 10.9. The predicted molar refractivity (Wildman–Crippen MR) is 73.3 cm³/mol. The Morgan fingerprint density at radius 3 is 3.00 bits per heavy atom. The fourth-order valence-corrected chi connectivity index (χ4v) is 3.43. The van der Waals surface area contributed by atoms with Crippen LogP contribution in [0, 0.1) is 0 Å². The highest BCUT2D eigenvalue weighted by atomic mass is 32.2. The molecular formula is C14H20O3S. The van der Waals surface area contributed by atoms with Gasteiger partial charge in [-0.2, -0.15) is 0 Å². The summed E-state index contributed by atoms with van der Waals surface area (Å²) in [5, 5.41) is 9.88. The summed E-state index contributed by atoms with van der Waals surface area (Å²) < 4.78 is 10.9. The van der Waals surface area contributed by atoms with E-state index < -0.39 is 6.10 Å². The van der Waals surface area contributed by atoms with Crippen LogP contribution in [0.3, 0.4) is 0 Å². The number of aliphatic hydroxyl groups excluding tert-OH is 1. The summed E-state index contributed by atoms with van der Waals surface area (Å²) in [7, 11) is 1.63. The summed E-state index contributed by atoms with van der Waals surface area (Å²) in [6, 6.07) is 5.88. The van der Waals surface area contributed by atoms with Gasteiger partial charge in [0.2, 0.25) is 0 Å². The van der Waals surface area contributed by atoms with Crippen molar-refractivity contribution in [1.82, 2.24) is 0 Å². The summed E-state index contributed by atoms with van der Waals surface area (Å²) in [4.78, 5) is 1.08. The molecule has 1 aliphatic heterocycles. The molecule has 0 saturated carbocycles. The van der Waals surface area contributed by atoms with Crippen LogP contribution in [0.25, 0.3) is 0 Å². The number of thioether (sulfide) groups is 1. The van der Waals surface area contributed by atoms with Crippen LogP contribution < -0.4 is 4.74 Å². The van der Waals surface area contributed by atoms with Crippen molar-refractivity contribution < 1.29 is 14.6 Å².